The second-order valence-electron chi connectivity index (χ2n) is 2.42. The van der Waals surface area contributed by atoms with Gasteiger partial charge in [-0.15, -0.1) is 0 Å². The molecule has 0 amide bonds. The molecule has 0 aliphatic rings. The zero-order valence-corrected chi connectivity index (χ0v) is 7.43. The molecular formula is C10H11NO2. The average molecular weight is 177 g/mol. The Morgan fingerprint density at radius 3 is 3.15 bits per heavy atom. The highest BCUT2D eigenvalue weighted by molar-refractivity contribution is 5.60. The second-order valence-corrected chi connectivity index (χ2v) is 2.42. The molecule has 0 saturated heterocycles. The van der Waals surface area contributed by atoms with E-state index >= 15 is 0 Å². The molecule has 1 aromatic heterocycles. The first kappa shape index (κ1) is 9.45. The van der Waals surface area contributed by atoms with Crippen LogP contribution < -0.4 is 4.74 Å². The van der Waals surface area contributed by atoms with E-state index in [9.17, 15) is 4.79 Å². The van der Waals surface area contributed by atoms with Crippen molar-refractivity contribution >= 4 is 12.4 Å². The summed E-state index contributed by atoms with van der Waals surface area (Å²) < 4.78 is 5.10. The number of ether oxygens (including phenoxy) is 1. The molecule has 0 unspecified atom stereocenters. The number of nitrogens with zero attached hydrogens (tertiary/aromatic N) is 1. The topological polar surface area (TPSA) is 39.2 Å². The van der Waals surface area contributed by atoms with E-state index in [4.69, 9.17) is 4.74 Å². The second kappa shape index (κ2) is 5.09. The number of aldehydes is 1. The maximum atomic E-state index is 10.1. The Morgan fingerprint density at radius 2 is 2.46 bits per heavy atom. The molecule has 13 heavy (non-hydrogen) atoms. The lowest BCUT2D eigenvalue weighted by atomic mass is 10.2. The fourth-order valence-corrected chi connectivity index (χ4v) is 0.956. The molecule has 0 atom stereocenters. The van der Waals surface area contributed by atoms with Crippen molar-refractivity contribution in [3.63, 3.8) is 0 Å². The van der Waals surface area contributed by atoms with Crippen LogP contribution in [0.1, 0.15) is 12.0 Å². The van der Waals surface area contributed by atoms with Gasteiger partial charge < -0.3 is 9.53 Å². The molecule has 68 valence electrons. The van der Waals surface area contributed by atoms with Gasteiger partial charge in [-0.05, 0) is 6.07 Å². The minimum Gasteiger partial charge on any atom is -0.496 e. The largest absolute Gasteiger partial charge is 0.496 e. The van der Waals surface area contributed by atoms with E-state index < -0.39 is 0 Å². The minimum atomic E-state index is 0.415. The summed E-state index contributed by atoms with van der Waals surface area (Å²) in [5.41, 5.74) is 0.881. The Bertz CT molecular complexity index is 308. The van der Waals surface area contributed by atoms with Crippen molar-refractivity contribution < 1.29 is 9.53 Å². The predicted octanol–water partition coefficient (Wildman–Crippen LogP) is 1.69. The molecule has 0 spiro atoms. The van der Waals surface area contributed by atoms with Gasteiger partial charge in [-0.25, -0.2) is 0 Å². The molecule has 0 fully saturated rings. The first-order chi connectivity index (χ1) is 6.38. The zero-order chi connectivity index (χ0) is 9.52. The van der Waals surface area contributed by atoms with Crippen molar-refractivity contribution in [3.8, 4) is 5.75 Å². The maximum absolute atomic E-state index is 10.1. The van der Waals surface area contributed by atoms with Crippen molar-refractivity contribution in [1.82, 2.24) is 4.98 Å². The van der Waals surface area contributed by atoms with Crippen LogP contribution in [0.2, 0.25) is 0 Å². The molecule has 0 aliphatic heterocycles. The zero-order valence-electron chi connectivity index (χ0n) is 7.43. The summed E-state index contributed by atoms with van der Waals surface area (Å²) in [4.78, 5) is 14.0. The van der Waals surface area contributed by atoms with E-state index in [1.54, 1.807) is 31.6 Å². The van der Waals surface area contributed by atoms with Crippen LogP contribution >= 0.6 is 0 Å². The fourth-order valence-electron chi connectivity index (χ4n) is 0.956. The summed E-state index contributed by atoms with van der Waals surface area (Å²) in [5, 5.41) is 0. The van der Waals surface area contributed by atoms with E-state index in [1.165, 1.54) is 0 Å². The molecule has 0 bridgehead atoms. The SMILES string of the molecule is COc1ccncc1C=CCC=O. The molecule has 1 aromatic rings. The first-order valence-electron chi connectivity index (χ1n) is 3.96. The number of hydrogen-bond acceptors (Lipinski definition) is 3. The molecule has 3 nitrogen and oxygen atoms in total. The molecule has 1 heterocycles. The number of hydrogen-bond donors (Lipinski definition) is 0. The van der Waals surface area contributed by atoms with Crippen molar-refractivity contribution in [3.05, 3.63) is 30.1 Å². The Morgan fingerprint density at radius 1 is 1.62 bits per heavy atom. The third kappa shape index (κ3) is 2.71. The van der Waals surface area contributed by atoms with E-state index in [0.717, 1.165) is 17.6 Å². The van der Waals surface area contributed by atoms with Gasteiger partial charge in [0.05, 0.1) is 7.11 Å². The van der Waals surface area contributed by atoms with Gasteiger partial charge in [-0.2, -0.15) is 0 Å². The van der Waals surface area contributed by atoms with Gasteiger partial charge in [0, 0.05) is 24.4 Å². The molecule has 0 saturated carbocycles. The fraction of sp³-hybridized carbons (Fsp3) is 0.200. The van der Waals surface area contributed by atoms with Gasteiger partial charge in [0.25, 0.3) is 0 Å². The molecular weight excluding hydrogens is 166 g/mol. The molecule has 0 aliphatic carbocycles. The monoisotopic (exact) mass is 177 g/mol. The predicted molar refractivity (Wildman–Crippen MR) is 50.5 cm³/mol. The number of carbonyl (C=O) groups is 1. The van der Waals surface area contributed by atoms with E-state index in [2.05, 4.69) is 4.98 Å². The van der Waals surface area contributed by atoms with Crippen LogP contribution in [-0.4, -0.2) is 18.4 Å². The minimum absolute atomic E-state index is 0.415. The number of methoxy groups -OCH3 is 1. The standard InChI is InChI=1S/C10H11NO2/c1-13-10-5-6-11-8-9(10)4-2-3-7-12/h2,4-8H,3H2,1H3. The summed E-state index contributed by atoms with van der Waals surface area (Å²) in [6, 6.07) is 1.78. The van der Waals surface area contributed by atoms with Crippen LogP contribution in [0.25, 0.3) is 6.08 Å². The number of carbonyl (C=O) groups excluding carboxylic acids is 1. The normalized spacial score (nSPS) is 10.2. The lowest BCUT2D eigenvalue weighted by Crippen LogP contribution is -1.87. The van der Waals surface area contributed by atoms with E-state index in [1.807, 2.05) is 6.08 Å². The average Bonchev–Trinajstić information content (AvgIpc) is 2.19. The third-order valence-electron chi connectivity index (χ3n) is 1.56. The van der Waals surface area contributed by atoms with Gasteiger partial charge in [0.2, 0.25) is 0 Å². The van der Waals surface area contributed by atoms with Gasteiger partial charge in [-0.3, -0.25) is 4.98 Å². The Kier molecular flexibility index (Phi) is 3.70. The quantitative estimate of drug-likeness (QED) is 0.657. The number of rotatable bonds is 4. The highest BCUT2D eigenvalue weighted by atomic mass is 16.5. The Labute approximate surface area is 77.1 Å². The van der Waals surface area contributed by atoms with Crippen molar-refractivity contribution in [1.29, 1.82) is 0 Å². The first-order valence-corrected chi connectivity index (χ1v) is 3.96. The number of allylic oxidation sites excluding steroid dienone is 1. The van der Waals surface area contributed by atoms with Crippen LogP contribution in [0.15, 0.2) is 24.5 Å². The van der Waals surface area contributed by atoms with Crippen LogP contribution in [0, 0.1) is 0 Å². The van der Waals surface area contributed by atoms with Crippen LogP contribution in [-0.2, 0) is 4.79 Å². The summed E-state index contributed by atoms with van der Waals surface area (Å²) in [7, 11) is 1.60. The lowest BCUT2D eigenvalue weighted by Gasteiger charge is -2.01. The van der Waals surface area contributed by atoms with Crippen molar-refractivity contribution in [2.75, 3.05) is 7.11 Å². The van der Waals surface area contributed by atoms with Gasteiger partial charge in [0.15, 0.2) is 0 Å². The Hall–Kier alpha value is -1.64. The highest BCUT2D eigenvalue weighted by Crippen LogP contribution is 2.17. The summed E-state index contributed by atoms with van der Waals surface area (Å²) in [6.07, 6.45) is 8.21. The van der Waals surface area contributed by atoms with Crippen molar-refractivity contribution in [2.24, 2.45) is 0 Å². The maximum Gasteiger partial charge on any atom is 0.129 e. The molecule has 0 radical (unpaired) electrons. The lowest BCUT2D eigenvalue weighted by molar-refractivity contribution is -0.107. The summed E-state index contributed by atoms with van der Waals surface area (Å²) in [6.45, 7) is 0. The molecule has 3 heteroatoms. The van der Waals surface area contributed by atoms with Gasteiger partial charge in [0.1, 0.15) is 12.0 Å². The summed E-state index contributed by atoms with van der Waals surface area (Å²) in [5.74, 6) is 0.761. The van der Waals surface area contributed by atoms with Crippen LogP contribution in [0.3, 0.4) is 0 Å². The van der Waals surface area contributed by atoms with Crippen molar-refractivity contribution in [2.45, 2.75) is 6.42 Å². The molecule has 1 rings (SSSR count). The molecule has 0 aromatic carbocycles. The van der Waals surface area contributed by atoms with Crippen LogP contribution in [0.5, 0.6) is 5.75 Å². The van der Waals surface area contributed by atoms with Gasteiger partial charge >= 0.3 is 0 Å². The number of pyridine rings is 1. The molecule has 0 N–H and O–H groups in total. The number of aromatic nitrogens is 1. The van der Waals surface area contributed by atoms with Gasteiger partial charge in [-0.1, -0.05) is 12.2 Å². The summed E-state index contributed by atoms with van der Waals surface area (Å²) >= 11 is 0. The van der Waals surface area contributed by atoms with Crippen LogP contribution in [0.4, 0.5) is 0 Å². The third-order valence-corrected chi connectivity index (χ3v) is 1.56. The smallest absolute Gasteiger partial charge is 0.129 e. The van der Waals surface area contributed by atoms with E-state index in [0.29, 0.717) is 6.42 Å². The highest BCUT2D eigenvalue weighted by Gasteiger charge is 1.96. The Balaban J connectivity index is 2.80. The van der Waals surface area contributed by atoms with E-state index in [-0.39, 0.29) is 0 Å².